The first-order valence-electron chi connectivity index (χ1n) is 7.11. The average Bonchev–Trinajstić information content (AvgIpc) is 2.37. The third-order valence-corrected chi connectivity index (χ3v) is 3.07. The molecular formula is C16H28N2. The molecule has 0 aromatic heterocycles. The monoisotopic (exact) mass is 248 g/mol. The minimum atomic E-state index is 0.751. The lowest BCUT2D eigenvalue weighted by Crippen LogP contribution is -2.27. The van der Waals surface area contributed by atoms with Crippen LogP contribution in [0.3, 0.4) is 0 Å². The van der Waals surface area contributed by atoms with Crippen LogP contribution in [-0.4, -0.2) is 38.1 Å². The summed E-state index contributed by atoms with van der Waals surface area (Å²) in [4.78, 5) is 2.42. The third kappa shape index (κ3) is 7.46. The molecule has 2 heteroatoms. The van der Waals surface area contributed by atoms with Gasteiger partial charge >= 0.3 is 0 Å². The van der Waals surface area contributed by atoms with E-state index in [1.807, 2.05) is 0 Å². The largest absolute Gasteiger partial charge is 0.316 e. The summed E-state index contributed by atoms with van der Waals surface area (Å²) in [5, 5.41) is 3.49. The second kappa shape index (κ2) is 9.12. The van der Waals surface area contributed by atoms with E-state index in [0.29, 0.717) is 0 Å². The van der Waals surface area contributed by atoms with Gasteiger partial charge in [0, 0.05) is 6.54 Å². The van der Waals surface area contributed by atoms with Crippen molar-refractivity contribution in [2.75, 3.05) is 33.2 Å². The highest BCUT2D eigenvalue weighted by Crippen LogP contribution is 2.00. The maximum absolute atomic E-state index is 3.49. The number of nitrogens with one attached hydrogen (secondary N) is 1. The molecule has 18 heavy (non-hydrogen) atoms. The van der Waals surface area contributed by atoms with Gasteiger partial charge in [0.15, 0.2) is 0 Å². The van der Waals surface area contributed by atoms with Gasteiger partial charge in [-0.3, -0.25) is 0 Å². The molecule has 0 atom stereocenters. The van der Waals surface area contributed by atoms with Gasteiger partial charge < -0.3 is 10.2 Å². The summed E-state index contributed by atoms with van der Waals surface area (Å²) in [6.07, 6.45) is 2.38. The van der Waals surface area contributed by atoms with Crippen molar-refractivity contribution in [1.29, 1.82) is 0 Å². The molecule has 0 unspecified atom stereocenters. The first-order chi connectivity index (χ1) is 8.68. The molecule has 0 aliphatic heterocycles. The lowest BCUT2D eigenvalue weighted by Gasteiger charge is -2.17. The van der Waals surface area contributed by atoms with Gasteiger partial charge in [0.25, 0.3) is 0 Å². The number of likely N-dealkylation sites (N-methyl/N-ethyl adjacent to an activating group) is 1. The molecule has 0 saturated heterocycles. The Bertz CT molecular complexity index is 295. The molecule has 0 aliphatic carbocycles. The summed E-state index contributed by atoms with van der Waals surface area (Å²) in [6, 6.07) is 10.7. The molecule has 2 nitrogen and oxygen atoms in total. The SMILES string of the molecule is CC(C)CNCCCN(C)CCc1ccccc1. The topological polar surface area (TPSA) is 15.3 Å². The van der Waals surface area contributed by atoms with Crippen LogP contribution in [0.1, 0.15) is 25.8 Å². The standard InChI is InChI=1S/C16H28N2/c1-15(2)14-17-11-7-12-18(3)13-10-16-8-5-4-6-9-16/h4-6,8-9,15,17H,7,10-14H2,1-3H3. The lowest BCUT2D eigenvalue weighted by atomic mass is 10.1. The Labute approximate surface area is 112 Å². The van der Waals surface area contributed by atoms with Gasteiger partial charge in [-0.2, -0.15) is 0 Å². The van der Waals surface area contributed by atoms with Crippen molar-refractivity contribution in [2.24, 2.45) is 5.92 Å². The van der Waals surface area contributed by atoms with Crippen molar-refractivity contribution in [1.82, 2.24) is 10.2 Å². The van der Waals surface area contributed by atoms with Crippen molar-refractivity contribution in [3.8, 4) is 0 Å². The minimum Gasteiger partial charge on any atom is -0.316 e. The zero-order chi connectivity index (χ0) is 13.2. The Morgan fingerprint density at radius 1 is 1.11 bits per heavy atom. The molecule has 1 rings (SSSR count). The Morgan fingerprint density at radius 3 is 2.50 bits per heavy atom. The second-order valence-corrected chi connectivity index (χ2v) is 5.49. The molecule has 1 N–H and O–H groups in total. The molecule has 0 heterocycles. The fraction of sp³-hybridized carbons (Fsp3) is 0.625. The second-order valence-electron chi connectivity index (χ2n) is 5.49. The van der Waals surface area contributed by atoms with E-state index in [2.05, 4.69) is 61.4 Å². The van der Waals surface area contributed by atoms with Gasteiger partial charge in [-0.1, -0.05) is 44.2 Å². The predicted molar refractivity (Wildman–Crippen MR) is 80.0 cm³/mol. The minimum absolute atomic E-state index is 0.751. The average molecular weight is 248 g/mol. The summed E-state index contributed by atoms with van der Waals surface area (Å²) < 4.78 is 0. The quantitative estimate of drug-likeness (QED) is 0.676. The van der Waals surface area contributed by atoms with Crippen molar-refractivity contribution >= 4 is 0 Å². The zero-order valence-electron chi connectivity index (χ0n) is 12.2. The zero-order valence-corrected chi connectivity index (χ0v) is 12.2. The van der Waals surface area contributed by atoms with Crippen LogP contribution in [0.25, 0.3) is 0 Å². The summed E-state index contributed by atoms with van der Waals surface area (Å²) >= 11 is 0. The van der Waals surface area contributed by atoms with Crippen LogP contribution in [0.5, 0.6) is 0 Å². The number of benzene rings is 1. The molecule has 102 valence electrons. The maximum Gasteiger partial charge on any atom is 0.00188 e. The van der Waals surface area contributed by atoms with Crippen LogP contribution in [0.2, 0.25) is 0 Å². The highest BCUT2D eigenvalue weighted by Gasteiger charge is 1.99. The molecular weight excluding hydrogens is 220 g/mol. The van der Waals surface area contributed by atoms with Gasteiger partial charge in [-0.05, 0) is 51.0 Å². The molecule has 0 saturated carbocycles. The van der Waals surface area contributed by atoms with Gasteiger partial charge in [0.2, 0.25) is 0 Å². The Kier molecular flexibility index (Phi) is 7.70. The number of hydrogen-bond donors (Lipinski definition) is 1. The van der Waals surface area contributed by atoms with E-state index >= 15 is 0 Å². The molecule has 0 amide bonds. The number of hydrogen-bond acceptors (Lipinski definition) is 2. The summed E-state index contributed by atoms with van der Waals surface area (Å²) in [5.41, 5.74) is 1.43. The molecule has 0 aliphatic rings. The van der Waals surface area contributed by atoms with E-state index in [1.54, 1.807) is 0 Å². The predicted octanol–water partition coefficient (Wildman–Crippen LogP) is 2.80. The highest BCUT2D eigenvalue weighted by atomic mass is 15.1. The third-order valence-electron chi connectivity index (χ3n) is 3.07. The van der Waals surface area contributed by atoms with Crippen LogP contribution in [-0.2, 0) is 6.42 Å². The van der Waals surface area contributed by atoms with Gasteiger partial charge in [0.05, 0.1) is 0 Å². The van der Waals surface area contributed by atoms with E-state index in [4.69, 9.17) is 0 Å². The van der Waals surface area contributed by atoms with Crippen LogP contribution >= 0.6 is 0 Å². The van der Waals surface area contributed by atoms with E-state index in [1.165, 1.54) is 18.5 Å². The summed E-state index contributed by atoms with van der Waals surface area (Å²) in [7, 11) is 2.21. The highest BCUT2D eigenvalue weighted by molar-refractivity contribution is 5.14. The number of nitrogens with zero attached hydrogens (tertiary/aromatic N) is 1. The van der Waals surface area contributed by atoms with Crippen molar-refractivity contribution in [3.05, 3.63) is 35.9 Å². The van der Waals surface area contributed by atoms with E-state index in [-0.39, 0.29) is 0 Å². The van der Waals surface area contributed by atoms with Gasteiger partial charge in [-0.25, -0.2) is 0 Å². The van der Waals surface area contributed by atoms with Crippen LogP contribution < -0.4 is 5.32 Å². The first-order valence-corrected chi connectivity index (χ1v) is 7.11. The molecule has 1 aromatic carbocycles. The Balaban J connectivity index is 2.02. The molecule has 0 fully saturated rings. The van der Waals surface area contributed by atoms with Gasteiger partial charge in [0.1, 0.15) is 0 Å². The van der Waals surface area contributed by atoms with Crippen LogP contribution in [0.4, 0.5) is 0 Å². The summed E-state index contributed by atoms with van der Waals surface area (Å²) in [6.45, 7) is 9.09. The van der Waals surface area contributed by atoms with E-state index in [9.17, 15) is 0 Å². The number of rotatable bonds is 9. The molecule has 0 spiro atoms. The van der Waals surface area contributed by atoms with Crippen LogP contribution in [0.15, 0.2) is 30.3 Å². The Morgan fingerprint density at radius 2 is 1.83 bits per heavy atom. The van der Waals surface area contributed by atoms with E-state index < -0.39 is 0 Å². The molecule has 0 radical (unpaired) electrons. The molecule has 1 aromatic rings. The smallest absolute Gasteiger partial charge is 0.00188 e. The van der Waals surface area contributed by atoms with Crippen molar-refractivity contribution in [2.45, 2.75) is 26.7 Å². The first kappa shape index (κ1) is 15.2. The summed E-state index contributed by atoms with van der Waals surface area (Å²) in [5.74, 6) is 0.751. The fourth-order valence-corrected chi connectivity index (χ4v) is 1.94. The lowest BCUT2D eigenvalue weighted by molar-refractivity contribution is 0.329. The van der Waals surface area contributed by atoms with Gasteiger partial charge in [-0.15, -0.1) is 0 Å². The normalized spacial score (nSPS) is 11.4. The van der Waals surface area contributed by atoms with E-state index in [0.717, 1.165) is 32.0 Å². The van der Waals surface area contributed by atoms with Crippen molar-refractivity contribution in [3.63, 3.8) is 0 Å². The Hall–Kier alpha value is -0.860. The molecule has 0 bridgehead atoms. The maximum atomic E-state index is 3.49. The van der Waals surface area contributed by atoms with Crippen LogP contribution in [0, 0.1) is 5.92 Å². The van der Waals surface area contributed by atoms with Crippen molar-refractivity contribution < 1.29 is 0 Å². The fourth-order valence-electron chi connectivity index (χ4n) is 1.94.